The van der Waals surface area contributed by atoms with Crippen LogP contribution in [0.4, 0.5) is 13.2 Å². The van der Waals surface area contributed by atoms with Gasteiger partial charge in [0, 0.05) is 37.2 Å². The van der Waals surface area contributed by atoms with E-state index in [0.29, 0.717) is 13.2 Å². The number of nitrogens with one attached hydrogen (secondary N) is 1. The van der Waals surface area contributed by atoms with Gasteiger partial charge in [0.1, 0.15) is 0 Å². The molecule has 5 nitrogen and oxygen atoms in total. The maximum absolute atomic E-state index is 12.8. The minimum Gasteiger partial charge on any atom is -0.375 e. The summed E-state index contributed by atoms with van der Waals surface area (Å²) in [6, 6.07) is 5.88. The second-order valence-corrected chi connectivity index (χ2v) is 8.10. The van der Waals surface area contributed by atoms with Crippen LogP contribution in [0.1, 0.15) is 68.4 Å². The van der Waals surface area contributed by atoms with E-state index >= 15 is 0 Å². The lowest BCUT2D eigenvalue weighted by atomic mass is 9.96. The van der Waals surface area contributed by atoms with E-state index in [1.54, 1.807) is 6.20 Å². The summed E-state index contributed by atoms with van der Waals surface area (Å²) in [6.45, 7) is 3.74. The Hall–Kier alpha value is -2.06. The van der Waals surface area contributed by atoms with Gasteiger partial charge >= 0.3 is 6.18 Å². The molecule has 164 valence electrons. The number of halogens is 3. The Labute approximate surface area is 175 Å². The van der Waals surface area contributed by atoms with Gasteiger partial charge in [-0.3, -0.25) is 9.97 Å². The van der Waals surface area contributed by atoms with Gasteiger partial charge in [-0.2, -0.15) is 13.2 Å². The van der Waals surface area contributed by atoms with E-state index < -0.39 is 11.9 Å². The quantitative estimate of drug-likeness (QED) is 0.552. The molecule has 8 heteroatoms. The maximum Gasteiger partial charge on any atom is 0.434 e. The van der Waals surface area contributed by atoms with Gasteiger partial charge in [-0.15, -0.1) is 0 Å². The molecule has 0 aromatic carbocycles. The first-order chi connectivity index (χ1) is 14.4. The Morgan fingerprint density at radius 2 is 1.97 bits per heavy atom. The Bertz CT molecular complexity index is 779. The summed E-state index contributed by atoms with van der Waals surface area (Å²) in [7, 11) is 0. The zero-order valence-corrected chi connectivity index (χ0v) is 17.3. The monoisotopic (exact) mass is 422 g/mol. The van der Waals surface area contributed by atoms with Gasteiger partial charge in [0.25, 0.3) is 0 Å². The van der Waals surface area contributed by atoms with Crippen LogP contribution in [0.3, 0.4) is 0 Å². The van der Waals surface area contributed by atoms with Gasteiger partial charge in [-0.1, -0.05) is 18.9 Å². The molecule has 3 rings (SSSR count). The molecule has 0 aliphatic heterocycles. The smallest absolute Gasteiger partial charge is 0.375 e. The molecule has 1 aliphatic rings. The van der Waals surface area contributed by atoms with E-state index in [2.05, 4.69) is 27.2 Å². The molecule has 0 saturated heterocycles. The molecule has 2 aromatic rings. The first-order valence-corrected chi connectivity index (χ1v) is 10.5. The predicted molar refractivity (Wildman–Crippen MR) is 108 cm³/mol. The molecule has 0 bridgehead atoms. The number of ether oxygens (including phenoxy) is 1. The minimum absolute atomic E-state index is 0.00488. The summed E-state index contributed by atoms with van der Waals surface area (Å²) < 4.78 is 44.5. The van der Waals surface area contributed by atoms with E-state index in [9.17, 15) is 13.2 Å². The van der Waals surface area contributed by atoms with Crippen LogP contribution < -0.4 is 5.32 Å². The molecule has 1 fully saturated rings. The number of nitrogens with zero attached hydrogens (tertiary/aromatic N) is 3. The second-order valence-electron chi connectivity index (χ2n) is 8.10. The Balaban J connectivity index is 1.50. The van der Waals surface area contributed by atoms with Gasteiger partial charge in [-0.25, -0.2) is 4.98 Å². The standard InChI is InChI=1S/C22H29F3N4O/c1-21(9-3-4-10-21)30-13-8-17(19-6-2-5-11-28-19)7-12-26-14-18-15-27-16-20(29-18)22(23,24)25/h2,5-6,11,15-17,26H,3-4,7-10,12-14H2,1H3/t17-/m1/s1. The number of rotatable bonds is 10. The molecule has 30 heavy (non-hydrogen) atoms. The van der Waals surface area contributed by atoms with Gasteiger partial charge in [-0.05, 0) is 51.3 Å². The highest BCUT2D eigenvalue weighted by Gasteiger charge is 2.33. The van der Waals surface area contributed by atoms with Crippen molar-refractivity contribution >= 4 is 0 Å². The summed E-state index contributed by atoms with van der Waals surface area (Å²) >= 11 is 0. The highest BCUT2D eigenvalue weighted by Crippen LogP contribution is 2.33. The fourth-order valence-corrected chi connectivity index (χ4v) is 3.89. The lowest BCUT2D eigenvalue weighted by molar-refractivity contribution is -0.141. The molecule has 1 saturated carbocycles. The van der Waals surface area contributed by atoms with Gasteiger partial charge in [0.15, 0.2) is 5.69 Å². The third-order valence-electron chi connectivity index (χ3n) is 5.63. The zero-order valence-electron chi connectivity index (χ0n) is 17.3. The molecule has 2 aromatic heterocycles. The van der Waals surface area contributed by atoms with Crippen molar-refractivity contribution in [2.75, 3.05) is 13.2 Å². The molecule has 0 radical (unpaired) electrons. The first kappa shape index (κ1) is 22.6. The summed E-state index contributed by atoms with van der Waals surface area (Å²) in [4.78, 5) is 11.8. The Morgan fingerprint density at radius 3 is 2.67 bits per heavy atom. The largest absolute Gasteiger partial charge is 0.434 e. The van der Waals surface area contributed by atoms with Crippen molar-refractivity contribution in [3.8, 4) is 0 Å². The average molecular weight is 422 g/mol. The van der Waals surface area contributed by atoms with Crippen LogP contribution in [-0.2, 0) is 17.5 Å². The average Bonchev–Trinajstić information content (AvgIpc) is 3.16. The molecule has 1 atom stereocenters. The minimum atomic E-state index is -4.48. The van der Waals surface area contributed by atoms with Crippen LogP contribution in [0.25, 0.3) is 0 Å². The second kappa shape index (κ2) is 10.3. The van der Waals surface area contributed by atoms with Crippen LogP contribution in [-0.4, -0.2) is 33.7 Å². The van der Waals surface area contributed by atoms with Crippen LogP contribution in [0.15, 0.2) is 36.8 Å². The number of alkyl halides is 3. The SMILES string of the molecule is CC1(OCC[C@@H](CCNCc2cncc(C(F)(F)F)n2)c2ccccn2)CCCC1. The third-order valence-corrected chi connectivity index (χ3v) is 5.63. The molecule has 2 heterocycles. The van der Waals surface area contributed by atoms with Crippen molar-refractivity contribution in [3.05, 3.63) is 53.9 Å². The normalized spacial score (nSPS) is 17.2. The van der Waals surface area contributed by atoms with Crippen molar-refractivity contribution in [2.24, 2.45) is 0 Å². The number of hydrogen-bond donors (Lipinski definition) is 1. The summed E-state index contributed by atoms with van der Waals surface area (Å²) in [5.74, 6) is 0.219. The van der Waals surface area contributed by atoms with Crippen molar-refractivity contribution in [2.45, 2.75) is 69.7 Å². The molecule has 1 aliphatic carbocycles. The highest BCUT2D eigenvalue weighted by atomic mass is 19.4. The maximum atomic E-state index is 12.8. The summed E-state index contributed by atoms with van der Waals surface area (Å²) in [6.07, 6.45) is 5.74. The fourth-order valence-electron chi connectivity index (χ4n) is 3.89. The van der Waals surface area contributed by atoms with Gasteiger partial charge in [0.05, 0.1) is 17.5 Å². The third kappa shape index (κ3) is 6.74. The van der Waals surface area contributed by atoms with Crippen LogP contribution in [0.5, 0.6) is 0 Å². The van der Waals surface area contributed by atoms with Gasteiger partial charge < -0.3 is 10.1 Å². The van der Waals surface area contributed by atoms with E-state index in [4.69, 9.17) is 4.74 Å². The van der Waals surface area contributed by atoms with Crippen molar-refractivity contribution in [1.82, 2.24) is 20.3 Å². The van der Waals surface area contributed by atoms with Crippen molar-refractivity contribution in [3.63, 3.8) is 0 Å². The Morgan fingerprint density at radius 1 is 1.17 bits per heavy atom. The van der Waals surface area contributed by atoms with E-state index in [1.807, 2.05) is 18.2 Å². The van der Waals surface area contributed by atoms with Gasteiger partial charge in [0.2, 0.25) is 0 Å². The molecule has 1 N–H and O–H groups in total. The lowest BCUT2D eigenvalue weighted by Crippen LogP contribution is -2.26. The summed E-state index contributed by atoms with van der Waals surface area (Å²) in [5.41, 5.74) is 0.315. The number of aromatic nitrogens is 3. The van der Waals surface area contributed by atoms with E-state index in [1.165, 1.54) is 19.0 Å². The topological polar surface area (TPSA) is 59.9 Å². The van der Waals surface area contributed by atoms with Crippen molar-refractivity contribution < 1.29 is 17.9 Å². The number of pyridine rings is 1. The van der Waals surface area contributed by atoms with Crippen LogP contribution >= 0.6 is 0 Å². The van der Waals surface area contributed by atoms with E-state index in [0.717, 1.165) is 37.6 Å². The summed E-state index contributed by atoms with van der Waals surface area (Å²) in [5, 5.41) is 3.18. The van der Waals surface area contributed by atoms with Crippen LogP contribution in [0.2, 0.25) is 0 Å². The highest BCUT2D eigenvalue weighted by molar-refractivity contribution is 5.10. The molecular weight excluding hydrogens is 393 g/mol. The predicted octanol–water partition coefficient (Wildman–Crippen LogP) is 4.89. The zero-order chi connectivity index (χ0) is 21.5. The van der Waals surface area contributed by atoms with Crippen molar-refractivity contribution in [1.29, 1.82) is 0 Å². The molecule has 0 amide bonds. The fraction of sp³-hybridized carbons (Fsp3) is 0.591. The lowest BCUT2D eigenvalue weighted by Gasteiger charge is -2.26. The Kier molecular flexibility index (Phi) is 7.77. The number of hydrogen-bond acceptors (Lipinski definition) is 5. The molecule has 0 unspecified atom stereocenters. The molecular formula is C22H29F3N4O. The van der Waals surface area contributed by atoms with E-state index in [-0.39, 0.29) is 23.8 Å². The van der Waals surface area contributed by atoms with Crippen LogP contribution in [0, 0.1) is 0 Å². The molecule has 0 spiro atoms. The first-order valence-electron chi connectivity index (χ1n) is 10.5.